The Morgan fingerprint density at radius 1 is 1.09 bits per heavy atom. The molecule has 6 rings (SSSR count). The third kappa shape index (κ3) is 2.72. The van der Waals surface area contributed by atoms with E-state index in [1.165, 1.54) is 7.11 Å². The molecule has 3 heterocycles. The molecule has 2 fully saturated rings. The number of nitrogens with zero attached hydrogens (tertiary/aromatic N) is 1. The molecule has 1 aliphatic carbocycles. The van der Waals surface area contributed by atoms with Crippen molar-refractivity contribution in [1.82, 2.24) is 4.90 Å². The van der Waals surface area contributed by atoms with Crippen LogP contribution >= 0.6 is 0 Å². The zero-order chi connectivity index (χ0) is 23.5. The van der Waals surface area contributed by atoms with Crippen LogP contribution in [0, 0.1) is 5.41 Å². The third-order valence-corrected chi connectivity index (χ3v) is 8.68. The molecule has 6 heteroatoms. The Balaban J connectivity index is 1.58. The summed E-state index contributed by atoms with van der Waals surface area (Å²) in [6, 6.07) is 17.6. The number of esters is 2. The lowest BCUT2D eigenvalue weighted by Gasteiger charge is -2.56. The summed E-state index contributed by atoms with van der Waals surface area (Å²) in [5.74, 6) is -0.617. The Kier molecular flexibility index (Phi) is 4.85. The minimum absolute atomic E-state index is 0.0850. The number of hydrogen-bond donors (Lipinski definition) is 1. The quantitative estimate of drug-likeness (QED) is 0.690. The van der Waals surface area contributed by atoms with Gasteiger partial charge in [-0.15, -0.1) is 0 Å². The molecule has 2 saturated heterocycles. The zero-order valence-corrected chi connectivity index (χ0v) is 19.7. The molecule has 0 bridgehead atoms. The Hall–Kier alpha value is -3.12. The minimum Gasteiger partial charge on any atom is -0.466 e. The second-order valence-corrected chi connectivity index (χ2v) is 10.0. The van der Waals surface area contributed by atoms with Crippen LogP contribution in [0.5, 0.6) is 0 Å². The van der Waals surface area contributed by atoms with Crippen molar-refractivity contribution in [2.75, 3.05) is 25.5 Å². The summed E-state index contributed by atoms with van der Waals surface area (Å²) < 4.78 is 11.7. The highest BCUT2D eigenvalue weighted by molar-refractivity contribution is 5.94. The second kappa shape index (κ2) is 7.70. The fourth-order valence-electron chi connectivity index (χ4n) is 7.38. The number of ether oxygens (including phenoxy) is 2. The van der Waals surface area contributed by atoms with Gasteiger partial charge in [0, 0.05) is 24.0 Å². The number of benzene rings is 2. The van der Waals surface area contributed by atoms with Crippen molar-refractivity contribution >= 4 is 17.6 Å². The van der Waals surface area contributed by atoms with Crippen LogP contribution in [0.25, 0.3) is 0 Å². The van der Waals surface area contributed by atoms with Crippen LogP contribution in [0.2, 0.25) is 0 Å². The lowest BCUT2D eigenvalue weighted by Crippen LogP contribution is -2.61. The van der Waals surface area contributed by atoms with Gasteiger partial charge < -0.3 is 14.8 Å². The van der Waals surface area contributed by atoms with Gasteiger partial charge in [0.25, 0.3) is 0 Å². The van der Waals surface area contributed by atoms with E-state index in [0.29, 0.717) is 24.1 Å². The Bertz CT molecular complexity index is 1190. The van der Waals surface area contributed by atoms with Gasteiger partial charge in [0.05, 0.1) is 23.7 Å². The normalized spacial score (nSPS) is 31.2. The summed E-state index contributed by atoms with van der Waals surface area (Å²) in [7, 11) is 1.45. The number of nitrogens with one attached hydrogen (secondary N) is 1. The average Bonchev–Trinajstić information content (AvgIpc) is 3.40. The molecule has 0 aromatic heterocycles. The Morgan fingerprint density at radius 2 is 1.85 bits per heavy atom. The second-order valence-electron chi connectivity index (χ2n) is 10.0. The monoisotopic (exact) mass is 458 g/mol. The van der Waals surface area contributed by atoms with Gasteiger partial charge in [-0.3, -0.25) is 4.90 Å². The van der Waals surface area contributed by atoms with E-state index in [0.717, 1.165) is 42.8 Å². The van der Waals surface area contributed by atoms with E-state index in [2.05, 4.69) is 29.3 Å². The largest absolute Gasteiger partial charge is 0.466 e. The van der Waals surface area contributed by atoms with E-state index < -0.39 is 11.5 Å². The third-order valence-electron chi connectivity index (χ3n) is 8.68. The first-order valence-corrected chi connectivity index (χ1v) is 12.2. The number of hydrogen-bond acceptors (Lipinski definition) is 6. The van der Waals surface area contributed by atoms with Crippen LogP contribution in [-0.4, -0.2) is 49.2 Å². The molecule has 2 aromatic carbocycles. The predicted molar refractivity (Wildman–Crippen MR) is 128 cm³/mol. The molecule has 1 spiro atoms. The molecule has 2 aromatic rings. The highest BCUT2D eigenvalue weighted by Gasteiger charge is 2.71. The zero-order valence-electron chi connectivity index (χ0n) is 19.7. The summed E-state index contributed by atoms with van der Waals surface area (Å²) in [5.41, 5.74) is 3.49. The first-order chi connectivity index (χ1) is 16.5. The fraction of sp³-hybridized carbons (Fsp3) is 0.429. The van der Waals surface area contributed by atoms with Crippen molar-refractivity contribution in [2.24, 2.45) is 5.41 Å². The number of carbonyl (C=O) groups excluding carboxylic acids is 2. The lowest BCUT2D eigenvalue weighted by molar-refractivity contribution is -0.137. The first-order valence-electron chi connectivity index (χ1n) is 12.2. The van der Waals surface area contributed by atoms with Gasteiger partial charge in [-0.1, -0.05) is 43.3 Å². The van der Waals surface area contributed by atoms with Gasteiger partial charge in [0.1, 0.15) is 6.10 Å². The molecule has 34 heavy (non-hydrogen) atoms. The fourth-order valence-corrected chi connectivity index (χ4v) is 7.38. The smallest absolute Gasteiger partial charge is 0.338 e. The van der Waals surface area contributed by atoms with E-state index in [-0.39, 0.29) is 23.4 Å². The van der Waals surface area contributed by atoms with E-state index >= 15 is 0 Å². The predicted octanol–water partition coefficient (Wildman–Crippen LogP) is 4.28. The van der Waals surface area contributed by atoms with E-state index in [1.54, 1.807) is 12.1 Å². The van der Waals surface area contributed by atoms with Crippen LogP contribution in [0.1, 0.15) is 48.5 Å². The number of rotatable bonds is 4. The van der Waals surface area contributed by atoms with Gasteiger partial charge in [-0.25, -0.2) is 9.59 Å². The van der Waals surface area contributed by atoms with E-state index in [9.17, 15) is 9.59 Å². The number of para-hydroxylation sites is 1. The van der Waals surface area contributed by atoms with Crippen molar-refractivity contribution in [3.63, 3.8) is 0 Å². The van der Waals surface area contributed by atoms with Crippen molar-refractivity contribution in [3.05, 3.63) is 77.0 Å². The van der Waals surface area contributed by atoms with Crippen LogP contribution in [-0.2, 0) is 19.7 Å². The molecule has 0 saturated carbocycles. The standard InChI is InChI=1S/C28H30N2O4/c1-3-27-14-9-15-30-17-22(34-24(31)18-10-5-4-6-11-18)28(26(27)30)20-12-7-8-13-21(20)29-23(28)19(16-27)25(32)33-2/h4-8,10-13,22,26,29H,3,9,14-17H2,1-2H3/t22-,26-,27-,28+/m0/s1. The topological polar surface area (TPSA) is 67.9 Å². The molecule has 3 aliphatic heterocycles. The average molecular weight is 459 g/mol. The number of piperidine rings is 1. The van der Waals surface area contributed by atoms with Crippen molar-refractivity contribution < 1.29 is 19.1 Å². The van der Waals surface area contributed by atoms with E-state index in [1.807, 2.05) is 30.3 Å². The van der Waals surface area contributed by atoms with Gasteiger partial charge in [-0.2, -0.15) is 0 Å². The van der Waals surface area contributed by atoms with Gasteiger partial charge in [0.2, 0.25) is 0 Å². The highest BCUT2D eigenvalue weighted by atomic mass is 16.5. The van der Waals surface area contributed by atoms with Gasteiger partial charge in [-0.05, 0) is 61.4 Å². The summed E-state index contributed by atoms with van der Waals surface area (Å²) in [4.78, 5) is 29.0. The maximum Gasteiger partial charge on any atom is 0.338 e. The Labute approximate surface area is 199 Å². The van der Waals surface area contributed by atoms with Crippen molar-refractivity contribution in [3.8, 4) is 0 Å². The molecule has 0 amide bonds. The number of fused-ring (bicyclic) bond motifs is 1. The van der Waals surface area contributed by atoms with Crippen LogP contribution in [0.3, 0.4) is 0 Å². The summed E-state index contributed by atoms with van der Waals surface area (Å²) in [5, 5.41) is 3.60. The maximum atomic E-state index is 13.3. The van der Waals surface area contributed by atoms with E-state index in [4.69, 9.17) is 9.47 Å². The molecule has 1 N–H and O–H groups in total. The van der Waals surface area contributed by atoms with Gasteiger partial charge in [0.15, 0.2) is 0 Å². The summed E-state index contributed by atoms with van der Waals surface area (Å²) in [6.45, 7) is 3.85. The molecule has 176 valence electrons. The Morgan fingerprint density at radius 3 is 2.62 bits per heavy atom. The molecule has 0 unspecified atom stereocenters. The van der Waals surface area contributed by atoms with Crippen molar-refractivity contribution in [2.45, 2.75) is 50.2 Å². The van der Waals surface area contributed by atoms with Crippen LogP contribution < -0.4 is 5.32 Å². The summed E-state index contributed by atoms with van der Waals surface area (Å²) >= 11 is 0. The number of anilines is 1. The summed E-state index contributed by atoms with van der Waals surface area (Å²) in [6.07, 6.45) is 3.32. The van der Waals surface area contributed by atoms with Crippen LogP contribution in [0.4, 0.5) is 5.69 Å². The molecule has 6 nitrogen and oxygen atoms in total. The molecule has 4 aliphatic rings. The first kappa shape index (κ1) is 21.4. The molecule has 4 atom stereocenters. The molecule has 0 radical (unpaired) electrons. The number of methoxy groups -OCH3 is 1. The maximum absolute atomic E-state index is 13.3. The van der Waals surface area contributed by atoms with Gasteiger partial charge >= 0.3 is 11.9 Å². The molecular formula is C28H30N2O4. The lowest BCUT2D eigenvalue weighted by atomic mass is 9.53. The van der Waals surface area contributed by atoms with Crippen LogP contribution in [0.15, 0.2) is 65.9 Å². The SMILES string of the molecule is CC[C@]12CCCN3C[C@H](OC(=O)c4ccccc4)[C@]4(C(=C(C(=O)OC)C1)Nc1ccccc14)[C@@H]32. The highest BCUT2D eigenvalue weighted by Crippen LogP contribution is 2.65. The number of carbonyl (C=O) groups is 2. The minimum atomic E-state index is -0.626. The van der Waals surface area contributed by atoms with Crippen molar-refractivity contribution in [1.29, 1.82) is 0 Å². The molecular weight excluding hydrogens is 428 g/mol.